The molecular formula is C20H41F3NO5+. The number of nitrogens with zero attached hydrogens (tertiary/aromatic N) is 1. The number of quaternary nitrogens is 1. The molecule has 0 radical (unpaired) electrons. The van der Waals surface area contributed by atoms with E-state index in [1.54, 1.807) is 13.8 Å². The minimum absolute atomic E-state index is 0.0451. The maximum atomic E-state index is 12.2. The first kappa shape index (κ1) is 28.5. The molecule has 29 heavy (non-hydrogen) atoms. The van der Waals surface area contributed by atoms with Gasteiger partial charge in [0.1, 0.15) is 12.2 Å². The molecule has 0 fully saturated rings. The van der Waals surface area contributed by atoms with E-state index in [9.17, 15) is 23.4 Å². The highest BCUT2D eigenvalue weighted by molar-refractivity contribution is 4.75. The first-order valence-electron chi connectivity index (χ1n) is 10.2. The molecule has 0 aliphatic carbocycles. The van der Waals surface area contributed by atoms with E-state index in [0.29, 0.717) is 11.2 Å². The molecule has 0 rings (SSSR count). The van der Waals surface area contributed by atoms with Gasteiger partial charge in [0.25, 0.3) is 0 Å². The number of aliphatic hydroxyl groups excluding tert-OH is 1. The van der Waals surface area contributed by atoms with E-state index in [4.69, 9.17) is 9.47 Å². The summed E-state index contributed by atoms with van der Waals surface area (Å²) in [5.41, 5.74) is -2.23. The number of alkyl halides is 3. The molecule has 176 valence electrons. The quantitative estimate of drug-likeness (QED) is 0.210. The van der Waals surface area contributed by atoms with Gasteiger partial charge >= 0.3 is 6.18 Å². The molecule has 0 amide bonds. The number of unbranched alkanes of at least 4 members (excludes halogenated alkanes) is 3. The van der Waals surface area contributed by atoms with Gasteiger partial charge in [-0.15, -0.1) is 0 Å². The van der Waals surface area contributed by atoms with Crippen LogP contribution < -0.4 is 0 Å². The maximum Gasteiger partial charge on any atom is 0.411 e. The van der Waals surface area contributed by atoms with Gasteiger partial charge in [0, 0.05) is 5.41 Å². The Morgan fingerprint density at radius 1 is 0.828 bits per heavy atom. The van der Waals surface area contributed by atoms with Gasteiger partial charge in [-0.1, -0.05) is 26.7 Å². The fourth-order valence-electron chi connectivity index (χ4n) is 2.65. The van der Waals surface area contributed by atoms with E-state index in [0.717, 1.165) is 13.0 Å². The number of halogens is 3. The lowest BCUT2D eigenvalue weighted by atomic mass is 9.94. The second-order valence-electron chi connectivity index (χ2n) is 9.26. The van der Waals surface area contributed by atoms with Crippen LogP contribution in [0.3, 0.4) is 0 Å². The molecule has 0 aromatic carbocycles. The van der Waals surface area contributed by atoms with Crippen LogP contribution >= 0.6 is 0 Å². The number of hydrogen-bond acceptors (Lipinski definition) is 5. The van der Waals surface area contributed by atoms with Crippen molar-refractivity contribution in [2.24, 2.45) is 5.41 Å². The minimum atomic E-state index is -4.42. The van der Waals surface area contributed by atoms with E-state index in [1.165, 1.54) is 19.3 Å². The van der Waals surface area contributed by atoms with Gasteiger partial charge in [-0.3, -0.25) is 0 Å². The summed E-state index contributed by atoms with van der Waals surface area (Å²) < 4.78 is 53.0. The van der Waals surface area contributed by atoms with Crippen LogP contribution in [0.2, 0.25) is 0 Å². The number of hydrogen-bond donors (Lipinski definition) is 2. The Hall–Kier alpha value is -0.450. The van der Waals surface area contributed by atoms with Crippen LogP contribution in [-0.4, -0.2) is 93.5 Å². The topological polar surface area (TPSA) is 68.2 Å². The lowest BCUT2D eigenvalue weighted by Gasteiger charge is -2.32. The van der Waals surface area contributed by atoms with Crippen molar-refractivity contribution in [1.82, 2.24) is 0 Å². The van der Waals surface area contributed by atoms with Gasteiger partial charge < -0.3 is 28.9 Å². The largest absolute Gasteiger partial charge is 0.411 e. The molecule has 0 spiro atoms. The molecule has 0 aliphatic rings. The van der Waals surface area contributed by atoms with Crippen molar-refractivity contribution in [1.29, 1.82) is 0 Å². The van der Waals surface area contributed by atoms with Crippen LogP contribution in [0.4, 0.5) is 13.2 Å². The zero-order valence-electron chi connectivity index (χ0n) is 18.7. The lowest BCUT2D eigenvalue weighted by Crippen LogP contribution is -2.45. The number of ether oxygens (including phenoxy) is 3. The van der Waals surface area contributed by atoms with E-state index >= 15 is 0 Å². The fraction of sp³-hybridized carbons (Fsp3) is 1.00. The summed E-state index contributed by atoms with van der Waals surface area (Å²) in [6, 6.07) is 0. The Bertz CT molecular complexity index is 433. The summed E-state index contributed by atoms with van der Waals surface area (Å²) in [5, 5.41) is 19.9. The van der Waals surface area contributed by atoms with Crippen molar-refractivity contribution in [3.63, 3.8) is 0 Å². The Labute approximate surface area is 173 Å². The molecule has 0 aromatic heterocycles. The summed E-state index contributed by atoms with van der Waals surface area (Å²) in [5.74, 6) is 0. The van der Waals surface area contributed by atoms with Crippen LogP contribution in [0.15, 0.2) is 0 Å². The van der Waals surface area contributed by atoms with Crippen LogP contribution in [0.25, 0.3) is 0 Å². The highest BCUT2D eigenvalue weighted by atomic mass is 19.4. The summed E-state index contributed by atoms with van der Waals surface area (Å²) in [6.07, 6.45) is 0.317. The molecule has 2 N–H and O–H groups in total. The van der Waals surface area contributed by atoms with Crippen LogP contribution in [0.5, 0.6) is 0 Å². The average Bonchev–Trinajstić information content (AvgIpc) is 2.57. The maximum absolute atomic E-state index is 12.2. The zero-order chi connectivity index (χ0) is 22.6. The van der Waals surface area contributed by atoms with E-state index in [2.05, 4.69) is 25.8 Å². The van der Waals surface area contributed by atoms with E-state index < -0.39 is 30.4 Å². The zero-order valence-corrected chi connectivity index (χ0v) is 18.7. The van der Waals surface area contributed by atoms with Crippen LogP contribution in [0, 0.1) is 5.41 Å². The number of rotatable bonds is 17. The summed E-state index contributed by atoms with van der Waals surface area (Å²) in [6.45, 7) is 4.66. The van der Waals surface area contributed by atoms with Gasteiger partial charge in [-0.2, -0.15) is 13.2 Å². The molecule has 0 saturated heterocycles. The van der Waals surface area contributed by atoms with E-state index in [1.807, 2.05) is 0 Å². The lowest BCUT2D eigenvalue weighted by molar-refractivity contribution is -0.910. The van der Waals surface area contributed by atoms with Crippen LogP contribution in [-0.2, 0) is 14.2 Å². The molecule has 9 heteroatoms. The molecule has 0 aliphatic heterocycles. The van der Waals surface area contributed by atoms with Crippen molar-refractivity contribution >= 4 is 0 Å². The summed E-state index contributed by atoms with van der Waals surface area (Å²) in [4.78, 5) is 0. The van der Waals surface area contributed by atoms with Gasteiger partial charge in [-0.25, -0.2) is 0 Å². The van der Waals surface area contributed by atoms with Crippen molar-refractivity contribution < 1.29 is 42.1 Å². The van der Waals surface area contributed by atoms with Crippen molar-refractivity contribution in [2.45, 2.75) is 58.2 Å². The first-order valence-corrected chi connectivity index (χ1v) is 10.2. The molecule has 2 atom stereocenters. The summed E-state index contributed by atoms with van der Waals surface area (Å²) in [7, 11) is 4.15. The fourth-order valence-corrected chi connectivity index (χ4v) is 2.65. The Kier molecular flexibility index (Phi) is 12.9. The van der Waals surface area contributed by atoms with Gasteiger partial charge in [-0.05, 0) is 19.8 Å². The van der Waals surface area contributed by atoms with Crippen LogP contribution in [0.1, 0.15) is 46.5 Å². The van der Waals surface area contributed by atoms with Gasteiger partial charge in [0.15, 0.2) is 6.73 Å². The third-order valence-electron chi connectivity index (χ3n) is 4.43. The predicted molar refractivity (Wildman–Crippen MR) is 105 cm³/mol. The monoisotopic (exact) mass is 432 g/mol. The molecule has 2 unspecified atom stereocenters. The van der Waals surface area contributed by atoms with Gasteiger partial charge in [0.05, 0.1) is 53.7 Å². The minimum Gasteiger partial charge on any atom is -0.396 e. The Morgan fingerprint density at radius 2 is 1.38 bits per heavy atom. The highest BCUT2D eigenvalue weighted by Crippen LogP contribution is 2.21. The SMILES string of the molecule is CCCCCC[N+](C)(C)COCC(C)(O)COCC(C)(CO)COCC(F)(F)F. The third-order valence-corrected chi connectivity index (χ3v) is 4.43. The molecule has 0 saturated carbocycles. The second-order valence-corrected chi connectivity index (χ2v) is 9.26. The van der Waals surface area contributed by atoms with Crippen molar-refractivity contribution in [3.8, 4) is 0 Å². The average molecular weight is 433 g/mol. The predicted octanol–water partition coefficient (Wildman–Crippen LogP) is 2.96. The van der Waals surface area contributed by atoms with Gasteiger partial charge in [0.2, 0.25) is 0 Å². The summed E-state index contributed by atoms with van der Waals surface area (Å²) >= 11 is 0. The number of aliphatic hydroxyl groups is 2. The molecule has 6 nitrogen and oxygen atoms in total. The first-order chi connectivity index (χ1) is 13.2. The third kappa shape index (κ3) is 16.0. The Morgan fingerprint density at radius 3 is 1.90 bits per heavy atom. The second kappa shape index (κ2) is 13.1. The molecule has 0 bridgehead atoms. The van der Waals surface area contributed by atoms with E-state index in [-0.39, 0.29) is 26.4 Å². The molecule has 0 aromatic rings. The smallest absolute Gasteiger partial charge is 0.396 e. The van der Waals surface area contributed by atoms with Crippen molar-refractivity contribution in [3.05, 3.63) is 0 Å². The highest BCUT2D eigenvalue weighted by Gasteiger charge is 2.32. The Balaban J connectivity index is 4.19. The molecule has 0 heterocycles. The molecular weight excluding hydrogens is 391 g/mol. The standard InChI is InChI=1S/C20H41F3NO5/c1-6-7-8-9-10-24(4,5)17-29-15-19(3,26)14-27-12-18(2,11-25)13-28-16-20(21,22)23/h25-26H,6-17H2,1-5H3/q+1. The normalized spacial score (nSPS) is 17.2. The van der Waals surface area contributed by atoms with Crippen molar-refractivity contribution in [2.75, 3.05) is 67.0 Å².